The zero-order chi connectivity index (χ0) is 19.3. The van der Waals surface area contributed by atoms with Crippen LogP contribution in [-0.4, -0.2) is 46.2 Å². The maximum absolute atomic E-state index is 12.2. The molecular formula is C19H24N2O4S. The third-order valence-electron chi connectivity index (χ3n) is 4.03. The zero-order valence-electron chi connectivity index (χ0n) is 15.5. The van der Waals surface area contributed by atoms with Crippen LogP contribution < -0.4 is 9.04 Å². The van der Waals surface area contributed by atoms with Crippen molar-refractivity contribution in [3.8, 4) is 5.75 Å². The molecule has 7 heteroatoms. The van der Waals surface area contributed by atoms with Gasteiger partial charge in [-0.05, 0) is 36.8 Å². The fourth-order valence-corrected chi connectivity index (χ4v) is 2.76. The summed E-state index contributed by atoms with van der Waals surface area (Å²) in [5, 5.41) is 0. The molecule has 0 fully saturated rings. The van der Waals surface area contributed by atoms with Crippen LogP contribution in [0.15, 0.2) is 48.5 Å². The highest BCUT2D eigenvalue weighted by Crippen LogP contribution is 2.20. The van der Waals surface area contributed by atoms with Gasteiger partial charge in [0.1, 0.15) is 5.75 Å². The van der Waals surface area contributed by atoms with E-state index in [2.05, 4.69) is 0 Å². The molecule has 0 radical (unpaired) electrons. The fraction of sp³-hybridized carbons (Fsp3) is 0.316. The molecular weight excluding hydrogens is 352 g/mol. The van der Waals surface area contributed by atoms with Crippen molar-refractivity contribution in [1.29, 1.82) is 0 Å². The number of benzene rings is 2. The topological polar surface area (TPSA) is 66.9 Å². The summed E-state index contributed by atoms with van der Waals surface area (Å²) in [5.74, 6) is 0.371. The molecule has 0 N–H and O–H groups in total. The number of ether oxygens (including phenoxy) is 1. The summed E-state index contributed by atoms with van der Waals surface area (Å²) in [6.07, 6.45) is 1.14. The molecule has 0 atom stereocenters. The van der Waals surface area contributed by atoms with Crippen molar-refractivity contribution in [2.24, 2.45) is 0 Å². The first kappa shape index (κ1) is 19.8. The Balaban J connectivity index is 1.89. The molecule has 0 saturated heterocycles. The Hall–Kier alpha value is -2.54. The van der Waals surface area contributed by atoms with Crippen molar-refractivity contribution in [1.82, 2.24) is 4.90 Å². The maximum atomic E-state index is 12.2. The van der Waals surface area contributed by atoms with E-state index in [1.165, 1.54) is 16.9 Å². The van der Waals surface area contributed by atoms with E-state index in [1.807, 2.05) is 31.2 Å². The fourth-order valence-electron chi connectivity index (χ4n) is 2.25. The normalized spacial score (nSPS) is 11.1. The minimum Gasteiger partial charge on any atom is -0.484 e. The Morgan fingerprint density at radius 2 is 1.58 bits per heavy atom. The molecule has 0 aromatic heterocycles. The number of nitrogens with zero attached hydrogens (tertiary/aromatic N) is 2. The van der Waals surface area contributed by atoms with E-state index in [1.54, 1.807) is 36.2 Å². The summed E-state index contributed by atoms with van der Waals surface area (Å²) in [6.45, 7) is 2.45. The van der Waals surface area contributed by atoms with Gasteiger partial charge in [-0.15, -0.1) is 0 Å². The Bertz CT molecular complexity index is 846. The van der Waals surface area contributed by atoms with Crippen LogP contribution in [0.3, 0.4) is 0 Å². The Labute approximate surface area is 155 Å². The van der Waals surface area contributed by atoms with Crippen LogP contribution in [0.2, 0.25) is 0 Å². The predicted molar refractivity (Wildman–Crippen MR) is 103 cm³/mol. The lowest BCUT2D eigenvalue weighted by Gasteiger charge is -2.19. The van der Waals surface area contributed by atoms with Crippen LogP contribution in [0, 0.1) is 6.92 Å². The highest BCUT2D eigenvalue weighted by atomic mass is 32.2. The van der Waals surface area contributed by atoms with Gasteiger partial charge in [-0.1, -0.05) is 29.8 Å². The van der Waals surface area contributed by atoms with Crippen molar-refractivity contribution in [3.63, 3.8) is 0 Å². The van der Waals surface area contributed by atoms with Gasteiger partial charge in [0.15, 0.2) is 6.61 Å². The highest BCUT2D eigenvalue weighted by Gasteiger charge is 2.13. The quantitative estimate of drug-likeness (QED) is 0.744. The summed E-state index contributed by atoms with van der Waals surface area (Å²) in [7, 11) is -0.0937. The van der Waals surface area contributed by atoms with Crippen LogP contribution in [0.25, 0.3) is 0 Å². The maximum Gasteiger partial charge on any atom is 0.260 e. The molecule has 1 amide bonds. The number of aryl methyl sites for hydroxylation is 1. The van der Waals surface area contributed by atoms with E-state index in [0.29, 0.717) is 18.0 Å². The molecule has 140 valence electrons. The number of rotatable bonds is 7. The number of hydrogen-bond acceptors (Lipinski definition) is 4. The largest absolute Gasteiger partial charge is 0.484 e. The predicted octanol–water partition coefficient (Wildman–Crippen LogP) is 2.43. The van der Waals surface area contributed by atoms with Gasteiger partial charge in [0.05, 0.1) is 11.9 Å². The van der Waals surface area contributed by atoms with Gasteiger partial charge >= 0.3 is 0 Å². The number of carbonyl (C=O) groups excluding carboxylic acids is 1. The average Bonchev–Trinajstić information content (AvgIpc) is 2.60. The minimum absolute atomic E-state index is 0.0797. The summed E-state index contributed by atoms with van der Waals surface area (Å²) in [4.78, 5) is 13.8. The van der Waals surface area contributed by atoms with Gasteiger partial charge in [-0.25, -0.2) is 8.42 Å². The van der Waals surface area contributed by atoms with E-state index in [-0.39, 0.29) is 12.5 Å². The van der Waals surface area contributed by atoms with E-state index < -0.39 is 10.0 Å². The zero-order valence-corrected chi connectivity index (χ0v) is 16.3. The van der Waals surface area contributed by atoms with Gasteiger partial charge in [0, 0.05) is 20.6 Å². The van der Waals surface area contributed by atoms with Gasteiger partial charge in [-0.2, -0.15) is 0 Å². The standard InChI is InChI=1S/C19H24N2O4S/c1-15-5-7-16(8-6-15)13-20(2)19(22)14-25-18-11-9-17(10-12-18)21(3)26(4,23)24/h5-12H,13-14H2,1-4H3. The number of likely N-dealkylation sites (N-methyl/N-ethyl adjacent to an activating group) is 1. The van der Waals surface area contributed by atoms with Crippen LogP contribution >= 0.6 is 0 Å². The molecule has 26 heavy (non-hydrogen) atoms. The molecule has 6 nitrogen and oxygen atoms in total. The molecule has 0 saturated carbocycles. The number of anilines is 1. The molecule has 0 bridgehead atoms. The lowest BCUT2D eigenvalue weighted by molar-refractivity contribution is -0.132. The second-order valence-electron chi connectivity index (χ2n) is 6.25. The Kier molecular flexibility index (Phi) is 6.26. The van der Waals surface area contributed by atoms with Gasteiger partial charge in [0.2, 0.25) is 10.0 Å². The second kappa shape index (κ2) is 8.23. The number of sulfonamides is 1. The van der Waals surface area contributed by atoms with Crippen molar-refractivity contribution in [2.75, 3.05) is 31.3 Å². The molecule has 0 spiro atoms. The SMILES string of the molecule is Cc1ccc(CN(C)C(=O)COc2ccc(N(C)S(C)(=O)=O)cc2)cc1. The monoisotopic (exact) mass is 376 g/mol. The first-order valence-electron chi connectivity index (χ1n) is 8.13. The molecule has 0 aliphatic heterocycles. The summed E-state index contributed by atoms with van der Waals surface area (Å²) < 4.78 is 29.7. The Morgan fingerprint density at radius 1 is 1.00 bits per heavy atom. The molecule has 0 heterocycles. The van der Waals surface area contributed by atoms with E-state index in [9.17, 15) is 13.2 Å². The smallest absolute Gasteiger partial charge is 0.260 e. The van der Waals surface area contributed by atoms with Crippen molar-refractivity contribution in [3.05, 3.63) is 59.7 Å². The van der Waals surface area contributed by atoms with Crippen LogP contribution in [0.4, 0.5) is 5.69 Å². The van der Waals surface area contributed by atoms with Crippen molar-refractivity contribution in [2.45, 2.75) is 13.5 Å². The number of carbonyl (C=O) groups is 1. The summed E-state index contributed by atoms with van der Waals surface area (Å²) >= 11 is 0. The second-order valence-corrected chi connectivity index (χ2v) is 8.26. The summed E-state index contributed by atoms with van der Waals surface area (Å²) in [6, 6.07) is 14.6. The van der Waals surface area contributed by atoms with Crippen molar-refractivity contribution < 1.29 is 17.9 Å². The molecule has 0 aliphatic carbocycles. The van der Waals surface area contributed by atoms with Crippen LogP contribution in [0.5, 0.6) is 5.75 Å². The van der Waals surface area contributed by atoms with Crippen LogP contribution in [-0.2, 0) is 21.4 Å². The van der Waals surface area contributed by atoms with E-state index in [4.69, 9.17) is 4.74 Å². The highest BCUT2D eigenvalue weighted by molar-refractivity contribution is 7.92. The number of hydrogen-bond donors (Lipinski definition) is 0. The summed E-state index contributed by atoms with van der Waals surface area (Å²) in [5.41, 5.74) is 2.76. The van der Waals surface area contributed by atoms with Crippen LogP contribution in [0.1, 0.15) is 11.1 Å². The van der Waals surface area contributed by atoms with E-state index in [0.717, 1.165) is 11.8 Å². The van der Waals surface area contributed by atoms with Gasteiger partial charge < -0.3 is 9.64 Å². The molecule has 0 unspecified atom stereocenters. The third-order valence-corrected chi connectivity index (χ3v) is 5.23. The van der Waals surface area contributed by atoms with Crippen molar-refractivity contribution >= 4 is 21.6 Å². The van der Waals surface area contributed by atoms with Gasteiger partial charge in [0.25, 0.3) is 5.91 Å². The third kappa shape index (κ3) is 5.49. The minimum atomic E-state index is -3.31. The first-order valence-corrected chi connectivity index (χ1v) is 9.98. The molecule has 0 aliphatic rings. The van der Waals surface area contributed by atoms with E-state index >= 15 is 0 Å². The molecule has 2 aromatic rings. The lowest BCUT2D eigenvalue weighted by Crippen LogP contribution is -2.31. The average molecular weight is 376 g/mol. The number of amides is 1. The lowest BCUT2D eigenvalue weighted by atomic mass is 10.1. The molecule has 2 aromatic carbocycles. The first-order chi connectivity index (χ1) is 12.2. The molecule has 2 rings (SSSR count). The van der Waals surface area contributed by atoms with Gasteiger partial charge in [-0.3, -0.25) is 9.10 Å². The Morgan fingerprint density at radius 3 is 2.12 bits per heavy atom.